The number of piperidine rings is 1. The van der Waals surface area contributed by atoms with E-state index in [0.717, 1.165) is 19.3 Å². The van der Waals surface area contributed by atoms with Gasteiger partial charge in [-0.05, 0) is 45.4 Å². The molecule has 1 atom stereocenters. The molecular weight excluding hydrogens is 260 g/mol. The van der Waals surface area contributed by atoms with Gasteiger partial charge in [-0.15, -0.1) is 0 Å². The number of nitrogens with one attached hydrogen (secondary N) is 1. The third-order valence-electron chi connectivity index (χ3n) is 4.12. The highest BCUT2D eigenvalue weighted by Crippen LogP contribution is 2.59. The first-order chi connectivity index (χ1) is 9.27. The van der Waals surface area contributed by atoms with Gasteiger partial charge in [-0.3, -0.25) is 9.63 Å². The van der Waals surface area contributed by atoms with Crippen molar-refractivity contribution < 1.29 is 19.2 Å². The Morgan fingerprint density at radius 3 is 2.35 bits per heavy atom. The van der Waals surface area contributed by atoms with Gasteiger partial charge in [0.05, 0.1) is 7.11 Å². The highest BCUT2D eigenvalue weighted by Gasteiger charge is 2.59. The predicted octanol–water partition coefficient (Wildman–Crippen LogP) is 1.70. The van der Waals surface area contributed by atoms with E-state index in [2.05, 4.69) is 10.3 Å². The number of hydrogen-bond donors (Lipinski definition) is 1. The molecule has 1 heterocycles. The Morgan fingerprint density at radius 1 is 1.25 bits per heavy atom. The summed E-state index contributed by atoms with van der Waals surface area (Å²) in [5, 5.41) is 0. The third kappa shape index (κ3) is 3.23. The summed E-state index contributed by atoms with van der Waals surface area (Å²) < 4.78 is 5.37. The molecule has 2 aliphatic rings. The second kappa shape index (κ2) is 5.24. The Morgan fingerprint density at radius 2 is 1.85 bits per heavy atom. The lowest BCUT2D eigenvalue weighted by Crippen LogP contribution is -2.43. The number of rotatable bonds is 2. The van der Waals surface area contributed by atoms with Gasteiger partial charge >= 0.3 is 6.09 Å². The molecule has 20 heavy (non-hydrogen) atoms. The van der Waals surface area contributed by atoms with Crippen molar-refractivity contribution in [2.75, 3.05) is 20.2 Å². The van der Waals surface area contributed by atoms with E-state index in [4.69, 9.17) is 4.74 Å². The van der Waals surface area contributed by atoms with Crippen molar-refractivity contribution in [2.24, 2.45) is 11.3 Å². The van der Waals surface area contributed by atoms with Gasteiger partial charge in [0.1, 0.15) is 5.60 Å². The molecule has 2 rings (SSSR count). The fraction of sp³-hybridized carbons (Fsp3) is 0.857. The average Bonchev–Trinajstić information content (AvgIpc) is 3.02. The van der Waals surface area contributed by atoms with E-state index in [1.165, 1.54) is 7.11 Å². The molecule has 0 aromatic heterocycles. The molecule has 1 aliphatic carbocycles. The zero-order chi connectivity index (χ0) is 15.0. The van der Waals surface area contributed by atoms with Crippen LogP contribution >= 0.6 is 0 Å². The van der Waals surface area contributed by atoms with Crippen LogP contribution < -0.4 is 5.48 Å². The van der Waals surface area contributed by atoms with E-state index < -0.39 is 5.60 Å². The van der Waals surface area contributed by atoms with Crippen molar-refractivity contribution in [2.45, 2.75) is 45.6 Å². The summed E-state index contributed by atoms with van der Waals surface area (Å²) in [4.78, 5) is 30.1. The van der Waals surface area contributed by atoms with E-state index in [1.807, 2.05) is 20.8 Å². The average molecular weight is 284 g/mol. The number of likely N-dealkylation sites (tertiary alicyclic amines) is 1. The number of nitrogens with zero attached hydrogens (tertiary/aromatic N) is 1. The van der Waals surface area contributed by atoms with Gasteiger partial charge in [0, 0.05) is 19.0 Å². The molecule has 1 saturated heterocycles. The lowest BCUT2D eigenvalue weighted by Gasteiger charge is -2.34. The summed E-state index contributed by atoms with van der Waals surface area (Å²) in [6.07, 6.45) is 2.35. The highest BCUT2D eigenvalue weighted by molar-refractivity contribution is 5.81. The molecule has 114 valence electrons. The summed E-state index contributed by atoms with van der Waals surface area (Å²) in [5.41, 5.74) is 2.00. The molecule has 2 fully saturated rings. The monoisotopic (exact) mass is 284 g/mol. The number of ether oxygens (including phenoxy) is 1. The van der Waals surface area contributed by atoms with Crippen molar-refractivity contribution in [1.29, 1.82) is 0 Å². The van der Waals surface area contributed by atoms with Crippen LogP contribution in [0.2, 0.25) is 0 Å². The van der Waals surface area contributed by atoms with Gasteiger partial charge in [-0.25, -0.2) is 10.3 Å². The van der Waals surface area contributed by atoms with Crippen molar-refractivity contribution in [3.05, 3.63) is 0 Å². The minimum Gasteiger partial charge on any atom is -0.444 e. The van der Waals surface area contributed by atoms with E-state index >= 15 is 0 Å². The van der Waals surface area contributed by atoms with Gasteiger partial charge in [-0.2, -0.15) is 0 Å². The fourth-order valence-corrected chi connectivity index (χ4v) is 2.90. The smallest absolute Gasteiger partial charge is 0.410 e. The maximum atomic E-state index is 12.0. The lowest BCUT2D eigenvalue weighted by molar-refractivity contribution is -0.133. The molecule has 0 aromatic carbocycles. The molecule has 0 aromatic rings. The SMILES string of the molecule is CONC(=O)C1CC12CCN(C(=O)OC(C)(C)C)CC2. The molecule has 1 spiro atoms. The molecule has 0 bridgehead atoms. The van der Waals surface area contributed by atoms with Crippen LogP contribution in [-0.2, 0) is 14.4 Å². The van der Waals surface area contributed by atoms with Crippen molar-refractivity contribution in [3.63, 3.8) is 0 Å². The number of carbonyl (C=O) groups excluding carboxylic acids is 2. The number of carbonyl (C=O) groups is 2. The minimum absolute atomic E-state index is 0.0308. The van der Waals surface area contributed by atoms with E-state index in [9.17, 15) is 9.59 Å². The van der Waals surface area contributed by atoms with Crippen LogP contribution in [0, 0.1) is 11.3 Å². The van der Waals surface area contributed by atoms with Crippen LogP contribution in [0.15, 0.2) is 0 Å². The van der Waals surface area contributed by atoms with E-state index in [-0.39, 0.29) is 23.3 Å². The summed E-state index contributed by atoms with van der Waals surface area (Å²) >= 11 is 0. The van der Waals surface area contributed by atoms with E-state index in [1.54, 1.807) is 4.90 Å². The van der Waals surface area contributed by atoms with Crippen LogP contribution in [0.1, 0.15) is 40.0 Å². The first-order valence-electron chi connectivity index (χ1n) is 7.08. The molecule has 6 nitrogen and oxygen atoms in total. The van der Waals surface area contributed by atoms with Gasteiger partial charge in [0.15, 0.2) is 0 Å². The number of hydroxylamine groups is 1. The van der Waals surface area contributed by atoms with Crippen molar-refractivity contribution in [3.8, 4) is 0 Å². The van der Waals surface area contributed by atoms with Gasteiger partial charge in [0.2, 0.25) is 5.91 Å². The Kier molecular flexibility index (Phi) is 3.95. The second-order valence-corrected chi connectivity index (χ2v) is 6.76. The highest BCUT2D eigenvalue weighted by atomic mass is 16.6. The Bertz CT molecular complexity index is 394. The largest absolute Gasteiger partial charge is 0.444 e. The van der Waals surface area contributed by atoms with Crippen molar-refractivity contribution in [1.82, 2.24) is 10.4 Å². The summed E-state index contributed by atoms with van der Waals surface area (Å²) in [6.45, 7) is 6.91. The second-order valence-electron chi connectivity index (χ2n) is 6.76. The quantitative estimate of drug-likeness (QED) is 0.784. The van der Waals surface area contributed by atoms with Gasteiger partial charge < -0.3 is 9.64 Å². The van der Waals surface area contributed by atoms with Crippen LogP contribution in [0.5, 0.6) is 0 Å². The Balaban J connectivity index is 1.82. The Labute approximate surface area is 119 Å². The van der Waals surface area contributed by atoms with Crippen LogP contribution in [-0.4, -0.2) is 42.7 Å². The normalized spacial score (nSPS) is 24.4. The van der Waals surface area contributed by atoms with Crippen molar-refractivity contribution >= 4 is 12.0 Å². The summed E-state index contributed by atoms with van der Waals surface area (Å²) in [7, 11) is 1.44. The lowest BCUT2D eigenvalue weighted by atomic mass is 9.91. The molecule has 1 unspecified atom stereocenters. The molecule has 6 heteroatoms. The zero-order valence-corrected chi connectivity index (χ0v) is 12.7. The first kappa shape index (κ1) is 15.1. The molecule has 1 saturated carbocycles. The molecule has 1 aliphatic heterocycles. The third-order valence-corrected chi connectivity index (χ3v) is 4.12. The maximum absolute atomic E-state index is 12.0. The van der Waals surface area contributed by atoms with Gasteiger partial charge in [-0.1, -0.05) is 0 Å². The molecular formula is C14H24N2O4. The number of hydrogen-bond acceptors (Lipinski definition) is 4. The zero-order valence-electron chi connectivity index (χ0n) is 12.7. The summed E-state index contributed by atoms with van der Waals surface area (Å²) in [5.74, 6) is -0.0125. The van der Waals surface area contributed by atoms with Gasteiger partial charge in [0.25, 0.3) is 0 Å². The van der Waals surface area contributed by atoms with E-state index in [0.29, 0.717) is 13.1 Å². The summed E-state index contributed by atoms with van der Waals surface area (Å²) in [6, 6.07) is 0. The van der Waals surface area contributed by atoms with Crippen LogP contribution in [0.25, 0.3) is 0 Å². The maximum Gasteiger partial charge on any atom is 0.410 e. The minimum atomic E-state index is -0.466. The topological polar surface area (TPSA) is 67.9 Å². The fourth-order valence-electron chi connectivity index (χ4n) is 2.90. The van der Waals surface area contributed by atoms with Crippen LogP contribution in [0.4, 0.5) is 4.79 Å². The standard InChI is InChI=1S/C14H24N2O4/c1-13(2,3)20-12(18)16-7-5-14(6-8-16)9-10(14)11(17)15-19-4/h10H,5-9H2,1-4H3,(H,15,17). The first-order valence-corrected chi connectivity index (χ1v) is 7.08. The number of amides is 2. The predicted molar refractivity (Wildman–Crippen MR) is 72.7 cm³/mol. The molecule has 2 amide bonds. The van der Waals surface area contributed by atoms with Crippen LogP contribution in [0.3, 0.4) is 0 Å². The molecule has 0 radical (unpaired) electrons. The molecule has 1 N–H and O–H groups in total. The Hall–Kier alpha value is -1.30.